The highest BCUT2D eigenvalue weighted by Crippen LogP contribution is 2.70. The maximum Gasteiger partial charge on any atom is 0.148 e. The quantitative estimate of drug-likeness (QED) is 0.127. The van der Waals surface area contributed by atoms with Gasteiger partial charge in [-0.25, -0.2) is 0 Å². The fourth-order valence-corrected chi connectivity index (χ4v) is 6.95. The van der Waals surface area contributed by atoms with E-state index >= 15 is 0 Å². The smallest absolute Gasteiger partial charge is 0.148 e. The monoisotopic (exact) mass is 462 g/mol. The zero-order valence-corrected chi connectivity index (χ0v) is 22.5. The molecule has 2 atom stereocenters. The van der Waals surface area contributed by atoms with Crippen molar-refractivity contribution in [2.75, 3.05) is 0 Å². The lowest BCUT2D eigenvalue weighted by Gasteiger charge is -2.24. The van der Waals surface area contributed by atoms with Crippen LogP contribution in [0.2, 0.25) is 0 Å². The first-order chi connectivity index (χ1) is 15.7. The van der Waals surface area contributed by atoms with Gasteiger partial charge in [-0.05, 0) is 30.9 Å². The average Bonchev–Trinajstić information content (AvgIpc) is 3.42. The van der Waals surface area contributed by atoms with Crippen molar-refractivity contribution in [3.8, 4) is 0 Å². The molecular formula is C30H54OS. The molecule has 1 saturated heterocycles. The zero-order chi connectivity index (χ0) is 23.0. The fourth-order valence-electron chi connectivity index (χ4n) is 5.47. The number of aliphatic hydroxyl groups is 1. The van der Waals surface area contributed by atoms with Gasteiger partial charge in [-0.15, -0.1) is 11.8 Å². The molecule has 0 radical (unpaired) electrons. The van der Waals surface area contributed by atoms with Crippen molar-refractivity contribution >= 4 is 11.8 Å². The van der Waals surface area contributed by atoms with Crippen LogP contribution in [0.5, 0.6) is 0 Å². The van der Waals surface area contributed by atoms with Crippen LogP contribution >= 0.6 is 11.8 Å². The summed E-state index contributed by atoms with van der Waals surface area (Å²) in [6, 6.07) is 0. The number of hydrogen-bond donors (Lipinski definition) is 1. The van der Waals surface area contributed by atoms with Crippen LogP contribution < -0.4 is 0 Å². The summed E-state index contributed by atoms with van der Waals surface area (Å²) in [6.45, 7) is 4.58. The number of unbranched alkanes of at least 4 members (excludes halogenated alkanes) is 18. The Labute approximate surface area is 205 Å². The maximum atomic E-state index is 11.0. The molecule has 0 saturated carbocycles. The van der Waals surface area contributed by atoms with Gasteiger partial charge in [-0.1, -0.05) is 148 Å². The summed E-state index contributed by atoms with van der Waals surface area (Å²) in [4.78, 5) is -0.588. The van der Waals surface area contributed by atoms with E-state index in [0.717, 1.165) is 0 Å². The lowest BCUT2D eigenvalue weighted by Crippen LogP contribution is -2.28. The molecule has 186 valence electrons. The van der Waals surface area contributed by atoms with E-state index in [4.69, 9.17) is 0 Å². The van der Waals surface area contributed by atoms with Gasteiger partial charge in [0.15, 0.2) is 0 Å². The number of thioether (sulfide) groups is 1. The van der Waals surface area contributed by atoms with Crippen molar-refractivity contribution in [2.24, 2.45) is 0 Å². The van der Waals surface area contributed by atoms with Crippen molar-refractivity contribution in [1.82, 2.24) is 0 Å². The van der Waals surface area contributed by atoms with Crippen LogP contribution in [0.3, 0.4) is 0 Å². The molecule has 1 aliphatic heterocycles. The van der Waals surface area contributed by atoms with Crippen molar-refractivity contribution in [1.29, 1.82) is 0 Å². The van der Waals surface area contributed by atoms with Gasteiger partial charge in [-0.3, -0.25) is 0 Å². The summed E-state index contributed by atoms with van der Waals surface area (Å²) < 4.78 is 0.0289. The lowest BCUT2D eigenvalue weighted by atomic mass is 9.82. The summed E-state index contributed by atoms with van der Waals surface area (Å²) in [7, 11) is 0. The fraction of sp³-hybridized carbons (Fsp3) is 0.867. The highest BCUT2D eigenvalue weighted by molar-refractivity contribution is 8.10. The molecule has 2 aliphatic rings. The van der Waals surface area contributed by atoms with Crippen molar-refractivity contribution in [3.05, 3.63) is 23.8 Å². The normalized spacial score (nSPS) is 23.9. The van der Waals surface area contributed by atoms with Gasteiger partial charge in [0, 0.05) is 0 Å². The Morgan fingerprint density at radius 2 is 1.06 bits per heavy atom. The maximum absolute atomic E-state index is 11.0. The Morgan fingerprint density at radius 1 is 0.625 bits per heavy atom. The third-order valence-electron chi connectivity index (χ3n) is 7.69. The molecule has 2 unspecified atom stereocenters. The van der Waals surface area contributed by atoms with Gasteiger partial charge in [0.2, 0.25) is 0 Å². The van der Waals surface area contributed by atoms with E-state index in [1.54, 1.807) is 0 Å². The Balaban J connectivity index is 1.54. The predicted molar refractivity (Wildman–Crippen MR) is 145 cm³/mol. The van der Waals surface area contributed by atoms with E-state index in [1.807, 2.05) is 11.8 Å². The molecule has 0 aromatic rings. The second-order valence-electron chi connectivity index (χ2n) is 10.5. The highest BCUT2D eigenvalue weighted by atomic mass is 32.2. The topological polar surface area (TPSA) is 20.2 Å². The van der Waals surface area contributed by atoms with Gasteiger partial charge >= 0.3 is 0 Å². The molecule has 1 fully saturated rings. The lowest BCUT2D eigenvalue weighted by molar-refractivity contribution is 0.187. The van der Waals surface area contributed by atoms with E-state index in [1.165, 1.54) is 147 Å². The van der Waals surface area contributed by atoms with E-state index in [0.29, 0.717) is 0 Å². The van der Waals surface area contributed by atoms with Crippen LogP contribution in [0, 0.1) is 0 Å². The zero-order valence-electron chi connectivity index (χ0n) is 21.6. The van der Waals surface area contributed by atoms with Crippen LogP contribution in [0.25, 0.3) is 0 Å². The first-order valence-electron chi connectivity index (χ1n) is 14.5. The second-order valence-corrected chi connectivity index (χ2v) is 12.1. The van der Waals surface area contributed by atoms with Gasteiger partial charge in [0.25, 0.3) is 0 Å². The summed E-state index contributed by atoms with van der Waals surface area (Å²) in [5.74, 6) is 0. The van der Waals surface area contributed by atoms with Crippen molar-refractivity contribution in [2.45, 2.75) is 165 Å². The molecule has 0 aromatic heterocycles. The van der Waals surface area contributed by atoms with E-state index in [9.17, 15) is 5.11 Å². The number of rotatable bonds is 22. The first-order valence-corrected chi connectivity index (χ1v) is 15.3. The van der Waals surface area contributed by atoms with Crippen LogP contribution in [0.4, 0.5) is 0 Å². The molecule has 0 bridgehead atoms. The molecular weight excluding hydrogens is 408 g/mol. The van der Waals surface area contributed by atoms with Crippen LogP contribution in [0.15, 0.2) is 23.8 Å². The Bertz CT molecular complexity index is 539. The van der Waals surface area contributed by atoms with E-state index < -0.39 is 4.93 Å². The SMILES string of the molecule is CCCCCCCCCCCCC1=CC=CC2(O)SC12CCCCCCCCCCCC. The predicted octanol–water partition coefficient (Wildman–Crippen LogP) is 10.3. The summed E-state index contributed by atoms with van der Waals surface area (Å²) >= 11 is 1.82. The molecule has 1 nitrogen and oxygen atoms in total. The summed E-state index contributed by atoms with van der Waals surface area (Å²) in [5.41, 5.74) is 1.53. The molecule has 1 heterocycles. The molecule has 32 heavy (non-hydrogen) atoms. The van der Waals surface area contributed by atoms with Gasteiger partial charge < -0.3 is 5.11 Å². The Hall–Kier alpha value is -0.210. The molecule has 2 heteroatoms. The van der Waals surface area contributed by atoms with Crippen molar-refractivity contribution in [3.63, 3.8) is 0 Å². The molecule has 0 aromatic carbocycles. The van der Waals surface area contributed by atoms with E-state index in [2.05, 4.69) is 32.1 Å². The third-order valence-corrected chi connectivity index (χ3v) is 9.40. The average molecular weight is 463 g/mol. The molecule has 0 spiro atoms. The standard InChI is InChI=1S/C30H54OS/c1-3-5-7-9-11-13-15-17-19-21-24-28-25-23-27-30(31)29(28,32-30)26-22-20-18-16-14-12-10-8-6-4-2/h23,25,27,31H,3-22,24,26H2,1-2H3. The van der Waals surface area contributed by atoms with Crippen molar-refractivity contribution < 1.29 is 5.11 Å². The molecule has 2 rings (SSSR count). The minimum atomic E-state index is -0.588. The number of hydrogen-bond acceptors (Lipinski definition) is 2. The van der Waals surface area contributed by atoms with Crippen LogP contribution in [-0.4, -0.2) is 14.8 Å². The molecule has 0 amide bonds. The Morgan fingerprint density at radius 3 is 1.56 bits per heavy atom. The van der Waals surface area contributed by atoms with Gasteiger partial charge in [0.1, 0.15) is 4.93 Å². The van der Waals surface area contributed by atoms with Gasteiger partial charge in [0.05, 0.1) is 4.75 Å². The minimum absolute atomic E-state index is 0.0289. The molecule has 1 N–H and O–H groups in total. The number of allylic oxidation sites excluding steroid dienone is 2. The first kappa shape index (κ1) is 28.0. The molecule has 1 aliphatic carbocycles. The largest absolute Gasteiger partial charge is 0.374 e. The summed E-state index contributed by atoms with van der Waals surface area (Å²) in [6.07, 6.45) is 36.6. The Kier molecular flexibility index (Phi) is 14.4. The van der Waals surface area contributed by atoms with E-state index in [-0.39, 0.29) is 4.75 Å². The number of fused-ring (bicyclic) bond motifs is 1. The van der Waals surface area contributed by atoms with Gasteiger partial charge in [-0.2, -0.15) is 0 Å². The van der Waals surface area contributed by atoms with Crippen LogP contribution in [0.1, 0.15) is 155 Å². The third kappa shape index (κ3) is 9.57. The summed E-state index contributed by atoms with van der Waals surface area (Å²) in [5, 5.41) is 11.0. The highest BCUT2D eigenvalue weighted by Gasteiger charge is 2.68. The second kappa shape index (κ2) is 16.4. The van der Waals surface area contributed by atoms with Crippen LogP contribution in [-0.2, 0) is 0 Å². The minimum Gasteiger partial charge on any atom is -0.374 e.